The van der Waals surface area contributed by atoms with Crippen LogP contribution in [0.1, 0.15) is 26.3 Å². The van der Waals surface area contributed by atoms with Gasteiger partial charge in [0.2, 0.25) is 10.0 Å². The zero-order chi connectivity index (χ0) is 25.5. The van der Waals surface area contributed by atoms with Gasteiger partial charge in [-0.1, -0.05) is 39.0 Å². The minimum atomic E-state index is -3.38. The van der Waals surface area contributed by atoms with Crippen LogP contribution in [0.2, 0.25) is 0 Å². The normalized spacial score (nSPS) is 11.4. The fourth-order valence-electron chi connectivity index (χ4n) is 4.06. The third-order valence-electron chi connectivity index (χ3n) is 5.64. The van der Waals surface area contributed by atoms with Crippen LogP contribution in [-0.2, 0) is 15.4 Å². The molecule has 0 radical (unpaired) electrons. The second-order valence-electron chi connectivity index (χ2n) is 9.46. The van der Waals surface area contributed by atoms with Crippen molar-refractivity contribution in [2.75, 3.05) is 18.1 Å². The van der Waals surface area contributed by atoms with Crippen LogP contribution in [0.15, 0.2) is 70.4 Å². The van der Waals surface area contributed by atoms with E-state index in [1.165, 1.54) is 16.8 Å². The number of fused-ring (bicyclic) bond motifs is 1. The number of sulfonamides is 1. The standard InChI is InChI=1S/C26H27N3O5S.2Na.2H/c1-26(2,3)22-15-20(29-11-10-23(30)27-25(29)31)14-21(24(22)34-4)18-7-6-17-13-19(28-35(5,32)33)9-8-16(17)12-18;;;;/h6-15,28H,1-5H3,(H,27,30,31);;;;. The van der Waals surface area contributed by atoms with Gasteiger partial charge in [0, 0.05) is 29.1 Å². The first-order valence-corrected chi connectivity index (χ1v) is 12.8. The van der Waals surface area contributed by atoms with E-state index in [1.54, 1.807) is 19.2 Å². The molecule has 1 heterocycles. The number of nitrogens with zero attached hydrogens (tertiary/aromatic N) is 1. The number of methoxy groups -OCH3 is 1. The predicted molar refractivity (Wildman–Crippen MR) is 154 cm³/mol. The summed E-state index contributed by atoms with van der Waals surface area (Å²) in [5, 5.41) is 1.78. The number of ether oxygens (including phenoxy) is 1. The number of H-pyrrole nitrogens is 1. The van der Waals surface area contributed by atoms with E-state index in [2.05, 4.69) is 30.5 Å². The van der Waals surface area contributed by atoms with Crippen molar-refractivity contribution in [3.8, 4) is 22.6 Å². The Kier molecular flexibility index (Phi) is 10.1. The van der Waals surface area contributed by atoms with Crippen molar-refractivity contribution in [1.82, 2.24) is 9.55 Å². The Labute approximate surface area is 260 Å². The second kappa shape index (κ2) is 11.9. The van der Waals surface area contributed by atoms with Crippen molar-refractivity contribution in [3.63, 3.8) is 0 Å². The fourth-order valence-corrected chi connectivity index (χ4v) is 4.61. The molecule has 0 aliphatic heterocycles. The third-order valence-corrected chi connectivity index (χ3v) is 6.25. The molecule has 0 aliphatic rings. The van der Waals surface area contributed by atoms with E-state index in [0.29, 0.717) is 17.1 Å². The molecule has 4 aromatic rings. The van der Waals surface area contributed by atoms with Gasteiger partial charge in [0.05, 0.1) is 19.1 Å². The summed E-state index contributed by atoms with van der Waals surface area (Å²) in [6.07, 6.45) is 2.57. The molecule has 0 spiro atoms. The molecule has 4 rings (SSSR count). The topological polar surface area (TPSA) is 110 Å². The molecule has 2 N–H and O–H groups in total. The van der Waals surface area contributed by atoms with Gasteiger partial charge >= 0.3 is 64.8 Å². The van der Waals surface area contributed by atoms with Gasteiger partial charge in [0.1, 0.15) is 5.75 Å². The van der Waals surface area contributed by atoms with Crippen molar-refractivity contribution in [3.05, 3.63) is 87.2 Å². The number of benzene rings is 3. The van der Waals surface area contributed by atoms with Gasteiger partial charge in [-0.3, -0.25) is 19.1 Å². The Morgan fingerprint density at radius 1 is 0.919 bits per heavy atom. The Bertz CT molecular complexity index is 1670. The van der Waals surface area contributed by atoms with Gasteiger partial charge < -0.3 is 4.74 Å². The van der Waals surface area contributed by atoms with Crippen LogP contribution >= 0.6 is 0 Å². The van der Waals surface area contributed by atoms with Gasteiger partial charge in [-0.05, 0) is 52.1 Å². The number of anilines is 1. The molecular formula is C26H29N3Na2O5S. The predicted octanol–water partition coefficient (Wildman–Crippen LogP) is 2.73. The molecule has 0 saturated heterocycles. The Balaban J connectivity index is 0.00000241. The van der Waals surface area contributed by atoms with Crippen molar-refractivity contribution in [2.45, 2.75) is 26.2 Å². The summed E-state index contributed by atoms with van der Waals surface area (Å²) >= 11 is 0. The average molecular weight is 542 g/mol. The van der Waals surface area contributed by atoms with Crippen molar-refractivity contribution >= 4 is 85.6 Å². The zero-order valence-corrected chi connectivity index (χ0v) is 21.0. The van der Waals surface area contributed by atoms with Crippen molar-refractivity contribution in [1.29, 1.82) is 0 Å². The van der Waals surface area contributed by atoms with Gasteiger partial charge in [0.15, 0.2) is 0 Å². The number of hydrogen-bond acceptors (Lipinski definition) is 5. The zero-order valence-electron chi connectivity index (χ0n) is 20.2. The van der Waals surface area contributed by atoms with Crippen molar-refractivity contribution in [2.24, 2.45) is 0 Å². The van der Waals surface area contributed by atoms with Crippen LogP contribution in [0.4, 0.5) is 5.69 Å². The number of rotatable bonds is 5. The summed E-state index contributed by atoms with van der Waals surface area (Å²) in [6, 6.07) is 16.2. The number of aromatic nitrogens is 2. The monoisotopic (exact) mass is 541 g/mol. The maximum atomic E-state index is 12.5. The van der Waals surface area contributed by atoms with Gasteiger partial charge in [-0.25, -0.2) is 13.2 Å². The Morgan fingerprint density at radius 3 is 2.16 bits per heavy atom. The molecule has 186 valence electrons. The summed E-state index contributed by atoms with van der Waals surface area (Å²) < 4.78 is 32.9. The van der Waals surface area contributed by atoms with Crippen molar-refractivity contribution < 1.29 is 13.2 Å². The summed E-state index contributed by atoms with van der Waals surface area (Å²) in [5.74, 6) is 0.688. The first kappa shape index (κ1) is 31.4. The van der Waals surface area contributed by atoms with Gasteiger partial charge in [-0.15, -0.1) is 0 Å². The van der Waals surface area contributed by atoms with E-state index >= 15 is 0 Å². The van der Waals surface area contributed by atoms with E-state index < -0.39 is 21.3 Å². The van der Waals surface area contributed by atoms with Crippen LogP contribution in [0.5, 0.6) is 5.75 Å². The Hall–Kier alpha value is -1.85. The third kappa shape index (κ3) is 7.17. The van der Waals surface area contributed by atoms with E-state index in [-0.39, 0.29) is 64.5 Å². The summed E-state index contributed by atoms with van der Waals surface area (Å²) in [7, 11) is -1.76. The fraction of sp³-hybridized carbons (Fsp3) is 0.231. The van der Waals surface area contributed by atoms with Crippen LogP contribution < -0.4 is 20.7 Å². The van der Waals surface area contributed by atoms with E-state index in [1.807, 2.05) is 36.4 Å². The van der Waals surface area contributed by atoms with Crippen LogP contribution in [-0.4, -0.2) is 90.4 Å². The average Bonchev–Trinajstić information content (AvgIpc) is 2.76. The van der Waals surface area contributed by atoms with E-state index in [0.717, 1.165) is 33.7 Å². The van der Waals surface area contributed by atoms with Crippen LogP contribution in [0.3, 0.4) is 0 Å². The molecule has 37 heavy (non-hydrogen) atoms. The molecular weight excluding hydrogens is 512 g/mol. The summed E-state index contributed by atoms with van der Waals surface area (Å²) in [4.78, 5) is 26.4. The maximum absolute atomic E-state index is 12.5. The molecule has 0 bridgehead atoms. The number of nitrogens with one attached hydrogen (secondary N) is 2. The van der Waals surface area contributed by atoms with Gasteiger partial charge in [0.25, 0.3) is 5.56 Å². The number of hydrogen-bond donors (Lipinski definition) is 2. The van der Waals surface area contributed by atoms with Crippen LogP contribution in [0.25, 0.3) is 27.6 Å². The second-order valence-corrected chi connectivity index (χ2v) is 11.2. The molecule has 8 nitrogen and oxygen atoms in total. The molecule has 3 aromatic carbocycles. The Morgan fingerprint density at radius 2 is 1.57 bits per heavy atom. The summed E-state index contributed by atoms with van der Waals surface area (Å²) in [5.41, 5.74) is 2.34. The van der Waals surface area contributed by atoms with E-state index in [4.69, 9.17) is 4.74 Å². The molecule has 0 saturated carbocycles. The molecule has 1 aromatic heterocycles. The number of aromatic amines is 1. The molecule has 0 fully saturated rings. The van der Waals surface area contributed by atoms with Crippen LogP contribution in [0, 0.1) is 0 Å². The first-order chi connectivity index (χ1) is 16.4. The molecule has 11 heteroatoms. The molecule has 0 unspecified atom stereocenters. The molecule has 0 aliphatic carbocycles. The quantitative estimate of drug-likeness (QED) is 0.378. The molecule has 0 amide bonds. The van der Waals surface area contributed by atoms with E-state index in [9.17, 15) is 18.0 Å². The van der Waals surface area contributed by atoms with Gasteiger partial charge in [-0.2, -0.15) is 0 Å². The summed E-state index contributed by atoms with van der Waals surface area (Å²) in [6.45, 7) is 6.18. The first-order valence-electron chi connectivity index (χ1n) is 10.9. The molecule has 0 atom stereocenters. The minimum absolute atomic E-state index is 0. The SMILES string of the molecule is COc1c(-c2ccc3cc(NS(C)(=O)=O)ccc3c2)cc(-n2ccc(=O)[nH]c2=O)cc1C(C)(C)C.[NaH].[NaH].